The molecule has 0 radical (unpaired) electrons. The lowest BCUT2D eigenvalue weighted by atomic mass is 9.89. The molecule has 0 saturated heterocycles. The van der Waals surface area contributed by atoms with E-state index in [9.17, 15) is 0 Å². The first-order valence-corrected chi connectivity index (χ1v) is 14.7. The highest BCUT2D eigenvalue weighted by molar-refractivity contribution is 6.25. The molecule has 7 aromatic carbocycles. The fourth-order valence-electron chi connectivity index (χ4n) is 7.17. The summed E-state index contributed by atoms with van der Waals surface area (Å²) < 4.78 is 2.29. The SMILES string of the molecule is c1cc2ccc3ccc(-c4ccc(-c5cc6c(cn5)c5ccccc5n5c7ccccc7nc65)cc4)c4ccc(c1)c2c34. The van der Waals surface area contributed by atoms with Crippen LogP contribution in [0.4, 0.5) is 0 Å². The van der Waals surface area contributed by atoms with E-state index < -0.39 is 0 Å². The third-order valence-electron chi connectivity index (χ3n) is 9.16. The molecule has 10 rings (SSSR count). The summed E-state index contributed by atoms with van der Waals surface area (Å²) in [4.78, 5) is 10.0. The molecule has 3 heteroatoms. The predicted octanol–water partition coefficient (Wildman–Crippen LogP) is 10.4. The number of nitrogens with zero attached hydrogens (tertiary/aromatic N) is 3. The highest BCUT2D eigenvalue weighted by Crippen LogP contribution is 2.40. The van der Waals surface area contributed by atoms with Gasteiger partial charge in [-0.15, -0.1) is 0 Å². The van der Waals surface area contributed by atoms with Crippen molar-refractivity contribution in [3.8, 4) is 22.4 Å². The van der Waals surface area contributed by atoms with Gasteiger partial charge in [-0.3, -0.25) is 9.38 Å². The van der Waals surface area contributed by atoms with Crippen molar-refractivity contribution >= 4 is 70.7 Å². The maximum atomic E-state index is 5.08. The van der Waals surface area contributed by atoms with Gasteiger partial charge in [0.1, 0.15) is 5.65 Å². The summed E-state index contributed by atoms with van der Waals surface area (Å²) in [5.41, 5.74) is 8.71. The molecule has 198 valence electrons. The zero-order valence-electron chi connectivity index (χ0n) is 23.1. The zero-order chi connectivity index (χ0) is 28.1. The molecular formula is C40H23N3. The van der Waals surface area contributed by atoms with Crippen LogP contribution in [0.3, 0.4) is 0 Å². The Balaban J connectivity index is 1.15. The number of hydrogen-bond donors (Lipinski definition) is 0. The Kier molecular flexibility index (Phi) is 4.45. The minimum Gasteiger partial charge on any atom is -0.292 e. The summed E-state index contributed by atoms with van der Waals surface area (Å²) in [5.74, 6) is 0. The van der Waals surface area contributed by atoms with Crippen molar-refractivity contribution in [2.24, 2.45) is 0 Å². The van der Waals surface area contributed by atoms with Gasteiger partial charge in [-0.2, -0.15) is 0 Å². The van der Waals surface area contributed by atoms with Crippen LogP contribution in [0.1, 0.15) is 0 Å². The second-order valence-electron chi connectivity index (χ2n) is 11.4. The molecule has 0 spiro atoms. The molecule has 0 saturated carbocycles. The van der Waals surface area contributed by atoms with E-state index in [0.29, 0.717) is 0 Å². The van der Waals surface area contributed by atoms with Gasteiger partial charge in [0, 0.05) is 27.9 Å². The van der Waals surface area contributed by atoms with Gasteiger partial charge in [-0.1, -0.05) is 109 Å². The second kappa shape index (κ2) is 8.37. The van der Waals surface area contributed by atoms with E-state index in [1.54, 1.807) is 0 Å². The quantitative estimate of drug-likeness (QED) is 0.202. The van der Waals surface area contributed by atoms with Crippen molar-refractivity contribution in [2.75, 3.05) is 0 Å². The van der Waals surface area contributed by atoms with E-state index in [1.807, 2.05) is 6.20 Å². The normalized spacial score (nSPS) is 12.2. The first kappa shape index (κ1) is 22.8. The fourth-order valence-corrected chi connectivity index (χ4v) is 7.17. The van der Waals surface area contributed by atoms with Crippen molar-refractivity contribution in [2.45, 2.75) is 0 Å². The van der Waals surface area contributed by atoms with E-state index in [1.165, 1.54) is 48.8 Å². The third-order valence-corrected chi connectivity index (χ3v) is 9.16. The predicted molar refractivity (Wildman–Crippen MR) is 180 cm³/mol. The molecule has 0 fully saturated rings. The van der Waals surface area contributed by atoms with Gasteiger partial charge in [0.25, 0.3) is 0 Å². The van der Waals surface area contributed by atoms with Crippen molar-refractivity contribution in [1.82, 2.24) is 14.4 Å². The van der Waals surface area contributed by atoms with Crippen molar-refractivity contribution < 1.29 is 0 Å². The molecule has 0 unspecified atom stereocenters. The summed E-state index contributed by atoms with van der Waals surface area (Å²) in [5, 5.41) is 11.2. The van der Waals surface area contributed by atoms with Crippen molar-refractivity contribution in [1.29, 1.82) is 0 Å². The van der Waals surface area contributed by atoms with Crippen LogP contribution >= 0.6 is 0 Å². The maximum Gasteiger partial charge on any atom is 0.146 e. The number of rotatable bonds is 2. The Hall–Kier alpha value is -5.80. The highest BCUT2D eigenvalue weighted by atomic mass is 15.0. The minimum absolute atomic E-state index is 0.943. The molecule has 0 amide bonds. The number of imidazole rings is 1. The van der Waals surface area contributed by atoms with Crippen LogP contribution in [0.25, 0.3) is 93.1 Å². The molecule has 0 bridgehead atoms. The number of hydrogen-bond acceptors (Lipinski definition) is 2. The summed E-state index contributed by atoms with van der Waals surface area (Å²) in [7, 11) is 0. The highest BCUT2D eigenvalue weighted by Gasteiger charge is 2.16. The van der Waals surface area contributed by atoms with Crippen LogP contribution < -0.4 is 0 Å². The average molecular weight is 546 g/mol. The van der Waals surface area contributed by atoms with E-state index in [4.69, 9.17) is 9.97 Å². The van der Waals surface area contributed by atoms with E-state index >= 15 is 0 Å². The van der Waals surface area contributed by atoms with Gasteiger partial charge >= 0.3 is 0 Å². The summed E-state index contributed by atoms with van der Waals surface area (Å²) in [6.07, 6.45) is 2.02. The fraction of sp³-hybridized carbons (Fsp3) is 0. The van der Waals surface area contributed by atoms with Crippen LogP contribution in [-0.2, 0) is 0 Å². The summed E-state index contributed by atoms with van der Waals surface area (Å²) in [6, 6.07) is 48.0. The second-order valence-corrected chi connectivity index (χ2v) is 11.4. The van der Waals surface area contributed by atoms with Crippen LogP contribution in [0.15, 0.2) is 140 Å². The Morgan fingerprint density at radius 1 is 0.465 bits per heavy atom. The molecule has 0 aliphatic carbocycles. The molecule has 10 aromatic rings. The molecule has 0 aliphatic heterocycles. The number of aromatic nitrogens is 3. The summed E-state index contributed by atoms with van der Waals surface area (Å²) in [6.45, 7) is 0. The Bertz CT molecular complexity index is 2700. The Morgan fingerprint density at radius 3 is 2.02 bits per heavy atom. The van der Waals surface area contributed by atoms with Gasteiger partial charge in [0.05, 0.1) is 22.2 Å². The topological polar surface area (TPSA) is 30.2 Å². The number of para-hydroxylation sites is 3. The molecule has 0 atom stereocenters. The molecule has 0 aliphatic rings. The average Bonchev–Trinajstić information content (AvgIpc) is 3.47. The standard InChI is InChI=1S/C40H23N3/c1-3-10-36-30(8-1)33-23-41-35(22-32(33)40-42-34-9-2-4-11-37(34)43(36)40)25-14-12-24(13-15-25)29-20-18-28-17-16-26-6-5-7-27-19-21-31(29)39(28)38(26)27/h1-23H. The first-order valence-electron chi connectivity index (χ1n) is 14.7. The Morgan fingerprint density at radius 2 is 1.16 bits per heavy atom. The Labute approximate surface area is 246 Å². The van der Waals surface area contributed by atoms with Crippen molar-refractivity contribution in [3.63, 3.8) is 0 Å². The van der Waals surface area contributed by atoms with E-state index in [-0.39, 0.29) is 0 Å². The van der Waals surface area contributed by atoms with Gasteiger partial charge in [0.2, 0.25) is 0 Å². The smallest absolute Gasteiger partial charge is 0.146 e. The van der Waals surface area contributed by atoms with Crippen LogP contribution in [0.5, 0.6) is 0 Å². The number of benzene rings is 7. The van der Waals surface area contributed by atoms with Crippen LogP contribution in [0, 0.1) is 0 Å². The third kappa shape index (κ3) is 3.14. The lowest BCUT2D eigenvalue weighted by Crippen LogP contribution is -1.93. The molecular weight excluding hydrogens is 522 g/mol. The molecule has 0 N–H and O–H groups in total. The zero-order valence-corrected chi connectivity index (χ0v) is 23.1. The molecule has 3 nitrogen and oxygen atoms in total. The lowest BCUT2D eigenvalue weighted by Gasteiger charge is -2.14. The van der Waals surface area contributed by atoms with Crippen LogP contribution in [-0.4, -0.2) is 14.4 Å². The number of fused-ring (bicyclic) bond motifs is 8. The van der Waals surface area contributed by atoms with E-state index in [0.717, 1.165) is 44.2 Å². The summed E-state index contributed by atoms with van der Waals surface area (Å²) >= 11 is 0. The minimum atomic E-state index is 0.943. The van der Waals surface area contributed by atoms with Crippen molar-refractivity contribution in [3.05, 3.63) is 140 Å². The van der Waals surface area contributed by atoms with E-state index in [2.05, 4.69) is 138 Å². The van der Waals surface area contributed by atoms with Crippen LogP contribution in [0.2, 0.25) is 0 Å². The molecule has 3 heterocycles. The van der Waals surface area contributed by atoms with Gasteiger partial charge in [-0.25, -0.2) is 4.98 Å². The molecule has 43 heavy (non-hydrogen) atoms. The molecule has 3 aromatic heterocycles. The van der Waals surface area contributed by atoms with Gasteiger partial charge < -0.3 is 0 Å². The lowest BCUT2D eigenvalue weighted by molar-refractivity contribution is 1.30. The largest absolute Gasteiger partial charge is 0.292 e. The van der Waals surface area contributed by atoms with Gasteiger partial charge in [-0.05, 0) is 67.7 Å². The van der Waals surface area contributed by atoms with Gasteiger partial charge in [0.15, 0.2) is 0 Å². The monoisotopic (exact) mass is 545 g/mol. The maximum absolute atomic E-state index is 5.08. The number of pyridine rings is 2. The first-order chi connectivity index (χ1) is 21.3.